The SMILES string of the molecule is CC(C)NC(=O)Cc1ccc(NC(=O)N(Cc2ccc(Cl)c(Cl)c2)C(C)C)cc1. The van der Waals surface area contributed by atoms with Gasteiger partial charge < -0.3 is 15.5 Å². The van der Waals surface area contributed by atoms with Crippen LogP contribution in [0.25, 0.3) is 0 Å². The highest BCUT2D eigenvalue weighted by molar-refractivity contribution is 6.42. The second-order valence-corrected chi connectivity index (χ2v) is 8.31. The van der Waals surface area contributed by atoms with Crippen LogP contribution in [0.2, 0.25) is 10.0 Å². The summed E-state index contributed by atoms with van der Waals surface area (Å²) in [6.07, 6.45) is 0.307. The third-order valence-electron chi connectivity index (χ3n) is 4.24. The van der Waals surface area contributed by atoms with Gasteiger partial charge in [-0.1, -0.05) is 41.4 Å². The fourth-order valence-corrected chi connectivity index (χ4v) is 3.10. The van der Waals surface area contributed by atoms with Crippen molar-refractivity contribution >= 4 is 40.8 Å². The van der Waals surface area contributed by atoms with Crippen molar-refractivity contribution in [2.75, 3.05) is 5.32 Å². The number of rotatable bonds is 7. The molecule has 0 spiro atoms. The number of anilines is 1. The van der Waals surface area contributed by atoms with Crippen molar-refractivity contribution in [3.63, 3.8) is 0 Å². The molecule has 0 heterocycles. The Morgan fingerprint density at radius 2 is 1.55 bits per heavy atom. The largest absolute Gasteiger partial charge is 0.354 e. The normalized spacial score (nSPS) is 10.9. The lowest BCUT2D eigenvalue weighted by Gasteiger charge is -2.27. The average molecular weight is 436 g/mol. The molecule has 0 fully saturated rings. The molecule has 2 rings (SSSR count). The molecule has 2 aromatic carbocycles. The maximum absolute atomic E-state index is 12.8. The van der Waals surface area contributed by atoms with Gasteiger partial charge in [0.05, 0.1) is 16.5 Å². The zero-order valence-corrected chi connectivity index (χ0v) is 18.6. The molecule has 0 aliphatic rings. The fourth-order valence-electron chi connectivity index (χ4n) is 2.78. The van der Waals surface area contributed by atoms with E-state index in [2.05, 4.69) is 10.6 Å². The number of amides is 3. The van der Waals surface area contributed by atoms with Crippen LogP contribution in [-0.2, 0) is 17.8 Å². The zero-order chi connectivity index (χ0) is 21.6. The van der Waals surface area contributed by atoms with Crippen LogP contribution < -0.4 is 10.6 Å². The van der Waals surface area contributed by atoms with Gasteiger partial charge in [0, 0.05) is 24.3 Å². The molecule has 0 unspecified atom stereocenters. The fraction of sp³-hybridized carbons (Fsp3) is 0.364. The van der Waals surface area contributed by atoms with Gasteiger partial charge in [-0.05, 0) is 63.1 Å². The highest BCUT2D eigenvalue weighted by atomic mass is 35.5. The number of hydrogen-bond donors (Lipinski definition) is 2. The monoisotopic (exact) mass is 435 g/mol. The number of hydrogen-bond acceptors (Lipinski definition) is 2. The van der Waals surface area contributed by atoms with Crippen molar-refractivity contribution < 1.29 is 9.59 Å². The van der Waals surface area contributed by atoms with Crippen LogP contribution in [0.1, 0.15) is 38.8 Å². The van der Waals surface area contributed by atoms with Crippen molar-refractivity contribution in [1.29, 1.82) is 0 Å². The van der Waals surface area contributed by atoms with Gasteiger partial charge in [0.2, 0.25) is 5.91 Å². The Morgan fingerprint density at radius 3 is 2.10 bits per heavy atom. The lowest BCUT2D eigenvalue weighted by Crippen LogP contribution is -2.39. The molecule has 156 valence electrons. The van der Waals surface area contributed by atoms with E-state index in [9.17, 15) is 9.59 Å². The Hall–Kier alpha value is -2.24. The molecule has 2 N–H and O–H groups in total. The zero-order valence-electron chi connectivity index (χ0n) is 17.1. The van der Waals surface area contributed by atoms with Gasteiger partial charge >= 0.3 is 6.03 Å². The quantitative estimate of drug-likeness (QED) is 0.602. The van der Waals surface area contributed by atoms with E-state index in [4.69, 9.17) is 23.2 Å². The van der Waals surface area contributed by atoms with Gasteiger partial charge in [-0.25, -0.2) is 4.79 Å². The van der Waals surface area contributed by atoms with E-state index < -0.39 is 0 Å². The van der Waals surface area contributed by atoms with Crippen LogP contribution in [0, 0.1) is 0 Å². The number of nitrogens with zero attached hydrogens (tertiary/aromatic N) is 1. The molecule has 2 aromatic rings. The molecule has 0 saturated heterocycles. The van der Waals surface area contributed by atoms with E-state index in [1.807, 2.05) is 45.9 Å². The minimum atomic E-state index is -0.212. The van der Waals surface area contributed by atoms with Crippen LogP contribution in [0.3, 0.4) is 0 Å². The Bertz CT molecular complexity index is 852. The molecule has 7 heteroatoms. The number of carbonyl (C=O) groups excluding carboxylic acids is 2. The maximum Gasteiger partial charge on any atom is 0.322 e. The predicted octanol–water partition coefficient (Wildman–Crippen LogP) is 5.50. The molecule has 0 aromatic heterocycles. The van der Waals surface area contributed by atoms with Crippen molar-refractivity contribution in [2.45, 2.75) is 52.7 Å². The molecule has 0 bridgehead atoms. The molecule has 0 aliphatic carbocycles. The summed E-state index contributed by atoms with van der Waals surface area (Å²) >= 11 is 12.1. The second kappa shape index (κ2) is 10.5. The third-order valence-corrected chi connectivity index (χ3v) is 4.98. The van der Waals surface area contributed by atoms with Crippen LogP contribution in [-0.4, -0.2) is 28.9 Å². The first kappa shape index (κ1) is 23.0. The Morgan fingerprint density at radius 1 is 0.931 bits per heavy atom. The number of urea groups is 1. The summed E-state index contributed by atoms with van der Waals surface area (Å²) in [5.41, 5.74) is 2.45. The Kier molecular flexibility index (Phi) is 8.35. The van der Waals surface area contributed by atoms with Gasteiger partial charge in [0.15, 0.2) is 0 Å². The van der Waals surface area contributed by atoms with Crippen LogP contribution in [0.5, 0.6) is 0 Å². The first-order valence-corrected chi connectivity index (χ1v) is 10.3. The van der Waals surface area contributed by atoms with Crippen molar-refractivity contribution in [2.24, 2.45) is 0 Å². The highest BCUT2D eigenvalue weighted by Gasteiger charge is 2.18. The Balaban J connectivity index is 2.02. The van der Waals surface area contributed by atoms with E-state index in [-0.39, 0.29) is 24.0 Å². The number of carbonyl (C=O) groups is 2. The van der Waals surface area contributed by atoms with Gasteiger partial charge in [0.1, 0.15) is 0 Å². The second-order valence-electron chi connectivity index (χ2n) is 7.50. The summed E-state index contributed by atoms with van der Waals surface area (Å²) in [5.74, 6) is -0.0237. The van der Waals surface area contributed by atoms with E-state index in [0.29, 0.717) is 28.7 Å². The smallest absolute Gasteiger partial charge is 0.322 e. The standard InChI is InChI=1S/C22H27Cl2N3O2/c1-14(2)25-21(28)12-16-5-8-18(9-6-16)26-22(29)27(15(3)4)13-17-7-10-19(23)20(24)11-17/h5-11,14-15H,12-13H2,1-4H3,(H,25,28)(H,26,29). The lowest BCUT2D eigenvalue weighted by molar-refractivity contribution is -0.120. The van der Waals surface area contributed by atoms with Crippen molar-refractivity contribution in [1.82, 2.24) is 10.2 Å². The summed E-state index contributed by atoms with van der Waals surface area (Å²) in [7, 11) is 0. The van der Waals surface area contributed by atoms with Crippen LogP contribution >= 0.6 is 23.2 Å². The third kappa shape index (κ3) is 7.26. The van der Waals surface area contributed by atoms with Gasteiger partial charge in [-0.3, -0.25) is 4.79 Å². The number of benzene rings is 2. The molecular weight excluding hydrogens is 409 g/mol. The minimum Gasteiger partial charge on any atom is -0.354 e. The van der Waals surface area contributed by atoms with E-state index >= 15 is 0 Å². The molecule has 0 saturated carbocycles. The summed E-state index contributed by atoms with van der Waals surface area (Å²) in [5, 5.41) is 6.72. The topological polar surface area (TPSA) is 61.4 Å². The maximum atomic E-state index is 12.8. The lowest BCUT2D eigenvalue weighted by atomic mass is 10.1. The average Bonchev–Trinajstić information content (AvgIpc) is 2.63. The Labute approximate surface area is 182 Å². The molecule has 29 heavy (non-hydrogen) atoms. The summed E-state index contributed by atoms with van der Waals surface area (Å²) in [6, 6.07) is 12.5. The summed E-state index contributed by atoms with van der Waals surface area (Å²) < 4.78 is 0. The first-order chi connectivity index (χ1) is 13.7. The number of halogens is 2. The predicted molar refractivity (Wildman–Crippen MR) is 120 cm³/mol. The minimum absolute atomic E-state index is 0.0107. The van der Waals surface area contributed by atoms with E-state index in [1.165, 1.54) is 0 Å². The van der Waals surface area contributed by atoms with Gasteiger partial charge in [-0.2, -0.15) is 0 Å². The molecular formula is C22H27Cl2N3O2. The highest BCUT2D eigenvalue weighted by Crippen LogP contribution is 2.24. The van der Waals surface area contributed by atoms with E-state index in [0.717, 1.165) is 11.1 Å². The summed E-state index contributed by atoms with van der Waals surface area (Å²) in [4.78, 5) is 26.4. The molecule has 0 atom stereocenters. The molecule has 0 aliphatic heterocycles. The van der Waals surface area contributed by atoms with Crippen molar-refractivity contribution in [3.05, 3.63) is 63.6 Å². The first-order valence-electron chi connectivity index (χ1n) is 9.55. The molecule has 3 amide bonds. The van der Waals surface area contributed by atoms with Gasteiger partial charge in [-0.15, -0.1) is 0 Å². The molecule has 0 radical (unpaired) electrons. The molecule has 5 nitrogen and oxygen atoms in total. The van der Waals surface area contributed by atoms with Crippen LogP contribution in [0.4, 0.5) is 10.5 Å². The number of nitrogens with one attached hydrogen (secondary N) is 2. The van der Waals surface area contributed by atoms with Crippen molar-refractivity contribution in [3.8, 4) is 0 Å². The van der Waals surface area contributed by atoms with E-state index in [1.54, 1.807) is 29.2 Å². The van der Waals surface area contributed by atoms with Crippen LogP contribution in [0.15, 0.2) is 42.5 Å². The summed E-state index contributed by atoms with van der Waals surface area (Å²) in [6.45, 7) is 8.17. The van der Waals surface area contributed by atoms with Gasteiger partial charge in [0.25, 0.3) is 0 Å².